The van der Waals surface area contributed by atoms with Crippen LogP contribution in [0.25, 0.3) is 0 Å². The molecular formula is C19H22ClFN3O7P. The standard InChI is InChI=1S/C19H22ClFN3O7P/c1-19(21)16(25)14(30-17(19)24-7-5-15(22)23-18(24)26)10-29-32(27)28-8-6-13(31-32)11-3-2-4-12(20)9-11/h2-5,7,9,13-14,16-17,25H,6,8,10H2,1H3,(H2,22,23,26)/t13?,14?,16-,17?,19-,32-/m1/s1. The minimum atomic E-state index is -4.03. The maximum Gasteiger partial charge on any atom is 0.475 e. The number of phosphoric ester groups is 1. The second-order valence-corrected chi connectivity index (χ2v) is 9.74. The molecule has 0 saturated carbocycles. The van der Waals surface area contributed by atoms with Crippen LogP contribution >= 0.6 is 19.4 Å². The van der Waals surface area contributed by atoms with E-state index in [4.69, 9.17) is 35.6 Å². The van der Waals surface area contributed by atoms with E-state index in [1.807, 2.05) is 0 Å². The molecule has 0 bridgehead atoms. The lowest BCUT2D eigenvalue weighted by atomic mass is 9.98. The number of nitrogens with two attached hydrogens (primary N) is 1. The highest BCUT2D eigenvalue weighted by Gasteiger charge is 2.56. The summed E-state index contributed by atoms with van der Waals surface area (Å²) in [6, 6.07) is 8.19. The summed E-state index contributed by atoms with van der Waals surface area (Å²) in [5.74, 6) is -0.0378. The van der Waals surface area contributed by atoms with Crippen molar-refractivity contribution < 1.29 is 32.4 Å². The molecule has 2 aliphatic rings. The molecule has 2 aromatic rings. The minimum absolute atomic E-state index is 0.0378. The van der Waals surface area contributed by atoms with Gasteiger partial charge in [0.25, 0.3) is 0 Å². The zero-order valence-electron chi connectivity index (χ0n) is 17.0. The van der Waals surface area contributed by atoms with Gasteiger partial charge in [-0.15, -0.1) is 0 Å². The van der Waals surface area contributed by atoms with Crippen molar-refractivity contribution in [2.24, 2.45) is 0 Å². The highest BCUT2D eigenvalue weighted by Crippen LogP contribution is 2.57. The lowest BCUT2D eigenvalue weighted by Gasteiger charge is -2.30. The van der Waals surface area contributed by atoms with Gasteiger partial charge in [-0.2, -0.15) is 4.98 Å². The molecule has 10 nitrogen and oxygen atoms in total. The van der Waals surface area contributed by atoms with Gasteiger partial charge in [0.2, 0.25) is 0 Å². The van der Waals surface area contributed by atoms with E-state index in [-0.39, 0.29) is 12.4 Å². The first-order valence-corrected chi connectivity index (χ1v) is 11.6. The van der Waals surface area contributed by atoms with Gasteiger partial charge in [-0.3, -0.25) is 18.1 Å². The number of halogens is 2. The number of phosphoric acid groups is 1. The van der Waals surface area contributed by atoms with Gasteiger partial charge in [0, 0.05) is 17.6 Å². The van der Waals surface area contributed by atoms with Crippen LogP contribution < -0.4 is 11.4 Å². The number of ether oxygens (including phenoxy) is 1. The monoisotopic (exact) mass is 489 g/mol. The number of nitrogen functional groups attached to an aromatic ring is 1. The summed E-state index contributed by atoms with van der Waals surface area (Å²) in [6.07, 6.45) is -3.40. The number of nitrogens with zero attached hydrogens (tertiary/aromatic N) is 2. The number of rotatable bonds is 5. The first-order chi connectivity index (χ1) is 15.1. The first kappa shape index (κ1) is 23.3. The molecule has 174 valence electrons. The van der Waals surface area contributed by atoms with E-state index in [9.17, 15) is 14.5 Å². The van der Waals surface area contributed by atoms with Crippen LogP contribution in [0, 0.1) is 0 Å². The number of aliphatic hydroxyl groups is 1. The predicted octanol–water partition coefficient (Wildman–Crippen LogP) is 2.77. The number of benzene rings is 1. The molecule has 0 radical (unpaired) electrons. The van der Waals surface area contributed by atoms with E-state index in [2.05, 4.69) is 4.98 Å². The lowest BCUT2D eigenvalue weighted by Crippen LogP contribution is -2.43. The highest BCUT2D eigenvalue weighted by molar-refractivity contribution is 7.48. The third-order valence-electron chi connectivity index (χ3n) is 5.32. The van der Waals surface area contributed by atoms with Crippen LogP contribution in [-0.2, 0) is 22.9 Å². The second kappa shape index (κ2) is 8.83. The molecule has 32 heavy (non-hydrogen) atoms. The van der Waals surface area contributed by atoms with E-state index in [0.29, 0.717) is 17.0 Å². The maximum absolute atomic E-state index is 15.3. The summed E-state index contributed by atoms with van der Waals surface area (Å²) in [4.78, 5) is 15.6. The molecule has 0 spiro atoms. The molecule has 0 aliphatic carbocycles. The Kier molecular flexibility index (Phi) is 6.43. The van der Waals surface area contributed by atoms with Gasteiger partial charge < -0.3 is 15.6 Å². The molecule has 1 aromatic heterocycles. The largest absolute Gasteiger partial charge is 0.475 e. The van der Waals surface area contributed by atoms with E-state index in [1.54, 1.807) is 24.3 Å². The van der Waals surface area contributed by atoms with Crippen LogP contribution in [0.3, 0.4) is 0 Å². The zero-order valence-corrected chi connectivity index (χ0v) is 18.6. The third kappa shape index (κ3) is 4.60. The van der Waals surface area contributed by atoms with Crippen LogP contribution in [0.1, 0.15) is 31.2 Å². The Hall–Kier alpha value is -1.85. The zero-order chi connectivity index (χ0) is 23.1. The fraction of sp³-hybridized carbons (Fsp3) is 0.474. The molecule has 4 rings (SSSR count). The van der Waals surface area contributed by atoms with Crippen LogP contribution in [0.15, 0.2) is 41.3 Å². The van der Waals surface area contributed by atoms with Crippen molar-refractivity contribution in [1.82, 2.24) is 9.55 Å². The molecule has 2 fully saturated rings. The number of anilines is 1. The molecule has 2 saturated heterocycles. The van der Waals surface area contributed by atoms with Crippen LogP contribution in [0.5, 0.6) is 0 Å². The van der Waals surface area contributed by atoms with Crippen LogP contribution in [-0.4, -0.2) is 45.7 Å². The van der Waals surface area contributed by atoms with Crippen LogP contribution in [0.2, 0.25) is 5.02 Å². The molecule has 3 N–H and O–H groups in total. The Morgan fingerprint density at radius 2 is 2.25 bits per heavy atom. The Balaban J connectivity index is 1.46. The first-order valence-electron chi connectivity index (χ1n) is 9.79. The van der Waals surface area contributed by atoms with Crippen molar-refractivity contribution in [3.8, 4) is 0 Å². The molecule has 1 aromatic carbocycles. The number of alkyl halides is 1. The fourth-order valence-electron chi connectivity index (χ4n) is 3.63. The molecule has 3 heterocycles. The summed E-state index contributed by atoms with van der Waals surface area (Å²) in [6.45, 7) is 0.669. The SMILES string of the molecule is C[C@]1(F)C(n2ccc(N)nc2=O)OC(CO[P@@]2(=O)OCCC(c3cccc(Cl)c3)O2)[C@H]1O. The third-order valence-corrected chi connectivity index (χ3v) is 7.04. The van der Waals surface area contributed by atoms with Crippen molar-refractivity contribution in [2.75, 3.05) is 18.9 Å². The number of hydrogen-bond donors (Lipinski definition) is 2. The van der Waals surface area contributed by atoms with E-state index in [0.717, 1.165) is 11.5 Å². The smallest absolute Gasteiger partial charge is 0.387 e. The molecule has 6 atom stereocenters. The number of hydrogen-bond acceptors (Lipinski definition) is 9. The van der Waals surface area contributed by atoms with Gasteiger partial charge in [-0.25, -0.2) is 13.8 Å². The van der Waals surface area contributed by atoms with Gasteiger partial charge >= 0.3 is 13.5 Å². The van der Waals surface area contributed by atoms with Crippen molar-refractivity contribution in [3.63, 3.8) is 0 Å². The average molecular weight is 490 g/mol. The number of aliphatic hydroxyl groups excluding tert-OH is 1. The van der Waals surface area contributed by atoms with Crippen molar-refractivity contribution >= 4 is 25.2 Å². The normalized spacial score (nSPS) is 35.1. The molecule has 0 amide bonds. The summed E-state index contributed by atoms with van der Waals surface area (Å²) >= 11 is 6.01. The van der Waals surface area contributed by atoms with Gasteiger partial charge in [0.05, 0.1) is 19.3 Å². The van der Waals surface area contributed by atoms with Crippen molar-refractivity contribution in [2.45, 2.75) is 43.6 Å². The maximum atomic E-state index is 15.3. The number of aromatic nitrogens is 2. The Morgan fingerprint density at radius 1 is 1.47 bits per heavy atom. The summed E-state index contributed by atoms with van der Waals surface area (Å²) in [5, 5.41) is 10.9. The van der Waals surface area contributed by atoms with Gasteiger partial charge in [-0.05, 0) is 30.7 Å². The van der Waals surface area contributed by atoms with Gasteiger partial charge in [0.15, 0.2) is 11.9 Å². The summed E-state index contributed by atoms with van der Waals surface area (Å²) < 4.78 is 50.7. The molecule has 2 aliphatic heterocycles. The van der Waals surface area contributed by atoms with Gasteiger partial charge in [0.1, 0.15) is 18.0 Å². The average Bonchev–Trinajstić information content (AvgIpc) is 2.96. The van der Waals surface area contributed by atoms with E-state index < -0.39 is 50.3 Å². The Bertz CT molecular complexity index is 1100. The quantitative estimate of drug-likeness (QED) is 0.607. The molecule has 13 heteroatoms. The highest BCUT2D eigenvalue weighted by atomic mass is 35.5. The van der Waals surface area contributed by atoms with E-state index in [1.165, 1.54) is 12.3 Å². The fourth-order valence-corrected chi connectivity index (χ4v) is 5.22. The Morgan fingerprint density at radius 3 is 2.97 bits per heavy atom. The Labute approximate surface area is 187 Å². The molecular weight excluding hydrogens is 468 g/mol. The van der Waals surface area contributed by atoms with Gasteiger partial charge in [-0.1, -0.05) is 23.7 Å². The lowest BCUT2D eigenvalue weighted by molar-refractivity contribution is -0.0653. The van der Waals surface area contributed by atoms with Crippen molar-refractivity contribution in [1.29, 1.82) is 0 Å². The topological polar surface area (TPSA) is 135 Å². The minimum Gasteiger partial charge on any atom is -0.387 e. The van der Waals surface area contributed by atoms with Crippen molar-refractivity contribution in [3.05, 3.63) is 57.6 Å². The van der Waals surface area contributed by atoms with E-state index >= 15 is 4.39 Å². The van der Waals surface area contributed by atoms with Crippen LogP contribution in [0.4, 0.5) is 10.2 Å². The summed E-state index contributed by atoms with van der Waals surface area (Å²) in [7, 11) is -4.03. The predicted molar refractivity (Wildman–Crippen MR) is 112 cm³/mol. The molecule has 3 unspecified atom stereocenters. The summed E-state index contributed by atoms with van der Waals surface area (Å²) in [5.41, 5.74) is 2.95. The second-order valence-electron chi connectivity index (χ2n) is 7.68.